The van der Waals surface area contributed by atoms with E-state index in [1.165, 1.54) is 5.56 Å². The van der Waals surface area contributed by atoms with Gasteiger partial charge in [-0.15, -0.1) is 0 Å². The van der Waals surface area contributed by atoms with Gasteiger partial charge >= 0.3 is 0 Å². The molecule has 1 saturated heterocycles. The smallest absolute Gasteiger partial charge is 0.240 e. The second-order valence-corrected chi connectivity index (χ2v) is 5.06. The van der Waals surface area contributed by atoms with E-state index in [1.807, 2.05) is 14.0 Å². The van der Waals surface area contributed by atoms with Crippen molar-refractivity contribution < 1.29 is 4.79 Å². The first kappa shape index (κ1) is 12.1. The number of likely N-dealkylation sites (N-methyl/N-ethyl adjacent to an activating group) is 1. The average Bonchev–Trinajstić information content (AvgIpc) is 2.57. The zero-order valence-corrected chi connectivity index (χ0v) is 10.9. The monoisotopic (exact) mass is 232 g/mol. The van der Waals surface area contributed by atoms with Gasteiger partial charge in [-0.2, -0.15) is 0 Å². The normalized spacial score (nSPS) is 24.8. The molecule has 0 aliphatic carbocycles. The summed E-state index contributed by atoms with van der Waals surface area (Å²) in [6.45, 7) is 6.27. The highest BCUT2D eigenvalue weighted by atomic mass is 16.2. The van der Waals surface area contributed by atoms with Gasteiger partial charge in [0.05, 0.1) is 6.04 Å². The summed E-state index contributed by atoms with van der Waals surface area (Å²) in [6, 6.07) is 8.41. The summed E-state index contributed by atoms with van der Waals surface area (Å²) in [5, 5.41) is 3.29. The van der Waals surface area contributed by atoms with E-state index in [-0.39, 0.29) is 18.1 Å². The Morgan fingerprint density at radius 1 is 1.24 bits per heavy atom. The van der Waals surface area contributed by atoms with Crippen LogP contribution in [0.4, 0.5) is 0 Å². The number of nitrogens with zero attached hydrogens (tertiary/aromatic N) is 1. The zero-order chi connectivity index (χ0) is 12.6. The summed E-state index contributed by atoms with van der Waals surface area (Å²) in [5.41, 5.74) is 2.48. The molecule has 2 atom stereocenters. The van der Waals surface area contributed by atoms with Crippen LogP contribution >= 0.6 is 0 Å². The van der Waals surface area contributed by atoms with Gasteiger partial charge in [0.25, 0.3) is 0 Å². The maximum atomic E-state index is 11.7. The lowest BCUT2D eigenvalue weighted by molar-refractivity contribution is -0.128. The van der Waals surface area contributed by atoms with Crippen molar-refractivity contribution in [2.75, 3.05) is 7.05 Å². The minimum Gasteiger partial charge on any atom is -0.325 e. The van der Waals surface area contributed by atoms with Crippen molar-refractivity contribution in [1.29, 1.82) is 0 Å². The van der Waals surface area contributed by atoms with E-state index in [2.05, 4.69) is 43.4 Å². The largest absolute Gasteiger partial charge is 0.325 e. The summed E-state index contributed by atoms with van der Waals surface area (Å²) >= 11 is 0. The number of carbonyl (C=O) groups excluding carboxylic acids is 1. The van der Waals surface area contributed by atoms with Gasteiger partial charge in [0, 0.05) is 7.05 Å². The van der Waals surface area contributed by atoms with Crippen LogP contribution in [0.15, 0.2) is 24.3 Å². The quantitative estimate of drug-likeness (QED) is 0.848. The fraction of sp³-hybridized carbons (Fsp3) is 0.500. The van der Waals surface area contributed by atoms with Gasteiger partial charge in [-0.25, -0.2) is 0 Å². The fourth-order valence-electron chi connectivity index (χ4n) is 2.24. The van der Waals surface area contributed by atoms with Crippen LogP contribution in [0, 0.1) is 0 Å². The predicted molar refractivity (Wildman–Crippen MR) is 68.6 cm³/mol. The lowest BCUT2D eigenvalue weighted by Crippen LogP contribution is -2.25. The Bertz CT molecular complexity index is 411. The lowest BCUT2D eigenvalue weighted by Gasteiger charge is -2.20. The molecule has 3 heteroatoms. The fourth-order valence-corrected chi connectivity index (χ4v) is 2.24. The highest BCUT2D eigenvalue weighted by Gasteiger charge is 2.34. The molecule has 1 aliphatic rings. The van der Waals surface area contributed by atoms with Crippen LogP contribution in [0.3, 0.4) is 0 Å². The molecular weight excluding hydrogens is 212 g/mol. The van der Waals surface area contributed by atoms with E-state index in [1.54, 1.807) is 4.90 Å². The maximum absolute atomic E-state index is 11.7. The van der Waals surface area contributed by atoms with Crippen LogP contribution in [-0.2, 0) is 4.79 Å². The minimum atomic E-state index is -0.0882. The molecule has 1 aromatic carbocycles. The standard InChI is InChI=1S/C14H20N2O/c1-9(2)11-5-7-12(8-6-11)13-15-10(3)14(17)16(13)4/h5-10,13,15H,1-4H3. The Hall–Kier alpha value is -1.35. The molecule has 3 nitrogen and oxygen atoms in total. The number of hydrogen-bond acceptors (Lipinski definition) is 2. The predicted octanol–water partition coefficient (Wildman–Crippen LogP) is 2.26. The van der Waals surface area contributed by atoms with Gasteiger partial charge in [0.1, 0.15) is 6.17 Å². The molecule has 1 amide bonds. The molecule has 17 heavy (non-hydrogen) atoms. The molecule has 1 aromatic rings. The third kappa shape index (κ3) is 2.20. The van der Waals surface area contributed by atoms with Crippen LogP contribution < -0.4 is 5.32 Å². The molecule has 0 bridgehead atoms. The SMILES string of the molecule is CC1NC(c2ccc(C(C)C)cc2)N(C)C1=O. The number of benzene rings is 1. The molecule has 0 aromatic heterocycles. The summed E-state index contributed by atoms with van der Waals surface area (Å²) in [7, 11) is 1.85. The average molecular weight is 232 g/mol. The van der Waals surface area contributed by atoms with Crippen molar-refractivity contribution in [3.8, 4) is 0 Å². The molecule has 1 aliphatic heterocycles. The zero-order valence-electron chi connectivity index (χ0n) is 10.9. The molecular formula is C14H20N2O. The highest BCUT2D eigenvalue weighted by Crippen LogP contribution is 2.25. The molecule has 1 heterocycles. The van der Waals surface area contributed by atoms with Crippen LogP contribution in [0.1, 0.15) is 44.0 Å². The molecule has 0 radical (unpaired) electrons. The van der Waals surface area contributed by atoms with Gasteiger partial charge in [0.2, 0.25) is 5.91 Å². The van der Waals surface area contributed by atoms with E-state index in [0.29, 0.717) is 5.92 Å². The van der Waals surface area contributed by atoms with Crippen molar-refractivity contribution in [3.63, 3.8) is 0 Å². The van der Waals surface area contributed by atoms with Crippen molar-refractivity contribution in [3.05, 3.63) is 35.4 Å². The number of amides is 1. The molecule has 92 valence electrons. The molecule has 1 fully saturated rings. The second-order valence-electron chi connectivity index (χ2n) is 5.06. The van der Waals surface area contributed by atoms with Crippen molar-refractivity contribution in [2.24, 2.45) is 0 Å². The summed E-state index contributed by atoms with van der Waals surface area (Å²) < 4.78 is 0. The Labute approximate surface area is 103 Å². The van der Waals surface area contributed by atoms with E-state index < -0.39 is 0 Å². The van der Waals surface area contributed by atoms with Crippen molar-refractivity contribution in [1.82, 2.24) is 10.2 Å². The lowest BCUT2D eigenvalue weighted by atomic mass is 10.0. The Morgan fingerprint density at radius 2 is 1.82 bits per heavy atom. The Balaban J connectivity index is 2.21. The Morgan fingerprint density at radius 3 is 2.24 bits per heavy atom. The highest BCUT2D eigenvalue weighted by molar-refractivity contribution is 5.83. The summed E-state index contributed by atoms with van der Waals surface area (Å²) in [4.78, 5) is 13.5. The molecule has 2 rings (SSSR count). The third-order valence-electron chi connectivity index (χ3n) is 3.43. The van der Waals surface area contributed by atoms with E-state index in [9.17, 15) is 4.79 Å². The first-order chi connectivity index (χ1) is 8.00. The topological polar surface area (TPSA) is 32.3 Å². The number of carbonyl (C=O) groups is 1. The molecule has 0 saturated carbocycles. The van der Waals surface area contributed by atoms with Crippen LogP contribution in [0.2, 0.25) is 0 Å². The molecule has 1 N–H and O–H groups in total. The van der Waals surface area contributed by atoms with Crippen molar-refractivity contribution in [2.45, 2.75) is 38.9 Å². The number of nitrogens with one attached hydrogen (secondary N) is 1. The molecule has 0 spiro atoms. The maximum Gasteiger partial charge on any atom is 0.240 e. The summed E-state index contributed by atoms with van der Waals surface area (Å²) in [5.74, 6) is 0.696. The van der Waals surface area contributed by atoms with Gasteiger partial charge in [0.15, 0.2) is 0 Å². The summed E-state index contributed by atoms with van der Waals surface area (Å²) in [6.07, 6.45) is 0.0127. The van der Waals surface area contributed by atoms with E-state index >= 15 is 0 Å². The van der Waals surface area contributed by atoms with Crippen molar-refractivity contribution >= 4 is 5.91 Å². The van der Waals surface area contributed by atoms with Gasteiger partial charge in [-0.05, 0) is 24.0 Å². The van der Waals surface area contributed by atoms with Crippen LogP contribution in [-0.4, -0.2) is 23.9 Å². The van der Waals surface area contributed by atoms with E-state index in [0.717, 1.165) is 5.56 Å². The first-order valence-corrected chi connectivity index (χ1v) is 6.13. The van der Waals surface area contributed by atoms with Gasteiger partial charge < -0.3 is 4.90 Å². The van der Waals surface area contributed by atoms with Gasteiger partial charge in [-0.3, -0.25) is 10.1 Å². The molecule has 2 unspecified atom stereocenters. The number of hydrogen-bond donors (Lipinski definition) is 1. The second kappa shape index (κ2) is 4.49. The van der Waals surface area contributed by atoms with Crippen LogP contribution in [0.5, 0.6) is 0 Å². The van der Waals surface area contributed by atoms with Gasteiger partial charge in [-0.1, -0.05) is 38.1 Å². The first-order valence-electron chi connectivity index (χ1n) is 6.13. The van der Waals surface area contributed by atoms with Crippen LogP contribution in [0.25, 0.3) is 0 Å². The Kier molecular flexibility index (Phi) is 3.20. The minimum absolute atomic E-state index is 0.0127. The van der Waals surface area contributed by atoms with E-state index in [4.69, 9.17) is 0 Å². The number of rotatable bonds is 2. The third-order valence-corrected chi connectivity index (χ3v) is 3.43.